The van der Waals surface area contributed by atoms with E-state index in [4.69, 9.17) is 14.1 Å². The van der Waals surface area contributed by atoms with Gasteiger partial charge in [0.2, 0.25) is 0 Å². The third-order valence-corrected chi connectivity index (χ3v) is 4.68. The number of benzene rings is 1. The first-order valence-electron chi connectivity index (χ1n) is 8.53. The Hall–Kier alpha value is -2.00. The summed E-state index contributed by atoms with van der Waals surface area (Å²) in [6.45, 7) is 2.09. The summed E-state index contributed by atoms with van der Waals surface area (Å²) >= 11 is 1.73. The quantitative estimate of drug-likeness (QED) is 0.275. The van der Waals surface area contributed by atoms with Gasteiger partial charge in [0.25, 0.3) is 0 Å². The number of nitrogens with one attached hydrogen (secondary N) is 2. The molecule has 2 aromatic heterocycles. The van der Waals surface area contributed by atoms with Gasteiger partial charge in [-0.3, -0.25) is 0 Å². The highest BCUT2D eigenvalue weighted by atomic mass is 127. The van der Waals surface area contributed by atoms with Gasteiger partial charge in [-0.05, 0) is 41.3 Å². The Bertz CT molecular complexity index is 805. The standard InChI is InChI=1S/C20H23N3O2S.HI/c1-24-18-6-2-5-16(13-18)14-22-20(23-15-19-8-4-12-26-19)21-10-9-17-7-3-11-25-17;/h2-8,11-13H,9-10,14-15H2,1H3,(H2,21,22,23);1H. The molecule has 0 unspecified atom stereocenters. The van der Waals surface area contributed by atoms with Crippen LogP contribution in [-0.4, -0.2) is 19.6 Å². The molecule has 7 heteroatoms. The van der Waals surface area contributed by atoms with Crippen molar-refractivity contribution in [2.75, 3.05) is 13.7 Å². The summed E-state index contributed by atoms with van der Waals surface area (Å²) in [7, 11) is 1.67. The van der Waals surface area contributed by atoms with Crippen LogP contribution in [0, 0.1) is 0 Å². The summed E-state index contributed by atoms with van der Waals surface area (Å²) in [5, 5.41) is 8.84. The van der Waals surface area contributed by atoms with Gasteiger partial charge in [0.15, 0.2) is 5.96 Å². The molecule has 0 aliphatic heterocycles. The molecule has 1 aromatic carbocycles. The monoisotopic (exact) mass is 497 g/mol. The lowest BCUT2D eigenvalue weighted by atomic mass is 10.2. The highest BCUT2D eigenvalue weighted by Gasteiger charge is 2.02. The summed E-state index contributed by atoms with van der Waals surface area (Å²) in [6, 6.07) is 16.0. The molecule has 0 aliphatic carbocycles. The van der Waals surface area contributed by atoms with Gasteiger partial charge in [-0.2, -0.15) is 0 Å². The lowest BCUT2D eigenvalue weighted by Crippen LogP contribution is -2.37. The summed E-state index contributed by atoms with van der Waals surface area (Å²) in [4.78, 5) is 5.97. The SMILES string of the molecule is COc1cccc(CN=C(NCCc2ccco2)NCc2cccs2)c1.I. The minimum absolute atomic E-state index is 0. The van der Waals surface area contributed by atoms with Crippen LogP contribution in [0.2, 0.25) is 0 Å². The predicted molar refractivity (Wildman–Crippen MR) is 121 cm³/mol. The molecule has 0 amide bonds. The number of aliphatic imine (C=N–C) groups is 1. The molecular weight excluding hydrogens is 473 g/mol. The predicted octanol–water partition coefficient (Wildman–Crippen LogP) is 4.45. The lowest BCUT2D eigenvalue weighted by molar-refractivity contribution is 0.414. The Morgan fingerprint density at radius 3 is 2.81 bits per heavy atom. The molecule has 2 N–H and O–H groups in total. The molecule has 3 rings (SSSR count). The second kappa shape index (κ2) is 11.7. The molecule has 0 aliphatic rings. The van der Waals surface area contributed by atoms with Gasteiger partial charge in [0, 0.05) is 17.8 Å². The van der Waals surface area contributed by atoms with Crippen molar-refractivity contribution in [3.8, 4) is 5.75 Å². The fourth-order valence-corrected chi connectivity index (χ4v) is 3.10. The molecule has 0 saturated heterocycles. The Balaban J connectivity index is 0.00000261. The van der Waals surface area contributed by atoms with Crippen molar-refractivity contribution >= 4 is 41.3 Å². The highest BCUT2D eigenvalue weighted by molar-refractivity contribution is 14.0. The van der Waals surface area contributed by atoms with Crippen LogP contribution >= 0.6 is 35.3 Å². The van der Waals surface area contributed by atoms with Crippen molar-refractivity contribution in [3.05, 3.63) is 76.4 Å². The Kier molecular flexibility index (Phi) is 9.20. The second-order valence-electron chi connectivity index (χ2n) is 5.71. The molecule has 144 valence electrons. The second-order valence-corrected chi connectivity index (χ2v) is 6.74. The maximum absolute atomic E-state index is 5.38. The largest absolute Gasteiger partial charge is 0.497 e. The number of methoxy groups -OCH3 is 1. The molecule has 27 heavy (non-hydrogen) atoms. The van der Waals surface area contributed by atoms with Crippen LogP contribution < -0.4 is 15.4 Å². The van der Waals surface area contributed by atoms with Gasteiger partial charge in [0.1, 0.15) is 11.5 Å². The Morgan fingerprint density at radius 1 is 1.15 bits per heavy atom. The molecule has 0 saturated carbocycles. The molecule has 0 radical (unpaired) electrons. The topological polar surface area (TPSA) is 58.8 Å². The van der Waals surface area contributed by atoms with Crippen molar-refractivity contribution in [1.82, 2.24) is 10.6 Å². The van der Waals surface area contributed by atoms with Crippen molar-refractivity contribution < 1.29 is 9.15 Å². The molecule has 2 heterocycles. The zero-order valence-electron chi connectivity index (χ0n) is 15.2. The molecule has 3 aromatic rings. The van der Waals surface area contributed by atoms with Crippen LogP contribution in [0.5, 0.6) is 5.75 Å². The zero-order valence-corrected chi connectivity index (χ0v) is 18.3. The van der Waals surface area contributed by atoms with Crippen molar-refractivity contribution in [2.45, 2.75) is 19.5 Å². The molecule has 0 atom stereocenters. The number of furan rings is 1. The number of hydrogen-bond acceptors (Lipinski definition) is 4. The fourth-order valence-electron chi connectivity index (χ4n) is 2.46. The van der Waals surface area contributed by atoms with Crippen LogP contribution in [0.3, 0.4) is 0 Å². The highest BCUT2D eigenvalue weighted by Crippen LogP contribution is 2.13. The molecular formula is C20H24IN3O2S. The third kappa shape index (κ3) is 7.26. The number of halogens is 1. The number of guanidine groups is 1. The summed E-state index contributed by atoms with van der Waals surface area (Å²) in [5.41, 5.74) is 1.10. The number of ether oxygens (including phenoxy) is 1. The van der Waals surface area contributed by atoms with E-state index in [1.165, 1.54) is 4.88 Å². The van der Waals surface area contributed by atoms with Crippen LogP contribution in [0.1, 0.15) is 16.2 Å². The van der Waals surface area contributed by atoms with Crippen molar-refractivity contribution in [3.63, 3.8) is 0 Å². The van der Waals surface area contributed by atoms with Gasteiger partial charge >= 0.3 is 0 Å². The minimum atomic E-state index is 0. The maximum atomic E-state index is 5.38. The van der Waals surface area contributed by atoms with Crippen LogP contribution in [0.15, 0.2) is 69.6 Å². The first kappa shape index (κ1) is 21.3. The van der Waals surface area contributed by atoms with E-state index in [9.17, 15) is 0 Å². The average molecular weight is 497 g/mol. The van der Waals surface area contributed by atoms with E-state index in [1.807, 2.05) is 36.4 Å². The van der Waals surface area contributed by atoms with E-state index in [0.717, 1.165) is 42.5 Å². The first-order chi connectivity index (χ1) is 12.8. The van der Waals surface area contributed by atoms with E-state index >= 15 is 0 Å². The van der Waals surface area contributed by atoms with Crippen molar-refractivity contribution in [1.29, 1.82) is 0 Å². The Morgan fingerprint density at radius 2 is 2.07 bits per heavy atom. The minimum Gasteiger partial charge on any atom is -0.497 e. The van der Waals surface area contributed by atoms with E-state index in [-0.39, 0.29) is 24.0 Å². The van der Waals surface area contributed by atoms with Gasteiger partial charge in [-0.15, -0.1) is 35.3 Å². The fraction of sp³-hybridized carbons (Fsp3) is 0.250. The number of thiophene rings is 1. The van der Waals surface area contributed by atoms with Crippen molar-refractivity contribution in [2.24, 2.45) is 4.99 Å². The van der Waals surface area contributed by atoms with Crippen LogP contribution in [0.4, 0.5) is 0 Å². The van der Waals surface area contributed by atoms with Gasteiger partial charge in [-0.25, -0.2) is 4.99 Å². The van der Waals surface area contributed by atoms with E-state index in [0.29, 0.717) is 6.54 Å². The van der Waals surface area contributed by atoms with E-state index in [2.05, 4.69) is 28.1 Å². The van der Waals surface area contributed by atoms with E-state index < -0.39 is 0 Å². The molecule has 0 spiro atoms. The number of nitrogens with zero attached hydrogens (tertiary/aromatic N) is 1. The first-order valence-corrected chi connectivity index (χ1v) is 9.41. The number of rotatable bonds is 8. The molecule has 0 bridgehead atoms. The maximum Gasteiger partial charge on any atom is 0.191 e. The van der Waals surface area contributed by atoms with Crippen LogP contribution in [0.25, 0.3) is 0 Å². The smallest absolute Gasteiger partial charge is 0.191 e. The van der Waals surface area contributed by atoms with Crippen LogP contribution in [-0.2, 0) is 19.5 Å². The summed E-state index contributed by atoms with van der Waals surface area (Å²) in [6.07, 6.45) is 2.51. The normalized spacial score (nSPS) is 10.9. The van der Waals surface area contributed by atoms with Gasteiger partial charge in [-0.1, -0.05) is 18.2 Å². The molecule has 5 nitrogen and oxygen atoms in total. The number of hydrogen-bond donors (Lipinski definition) is 2. The summed E-state index contributed by atoms with van der Waals surface area (Å²) < 4.78 is 10.7. The average Bonchev–Trinajstić information content (AvgIpc) is 3.37. The third-order valence-electron chi connectivity index (χ3n) is 3.81. The summed E-state index contributed by atoms with van der Waals surface area (Å²) in [5.74, 6) is 2.59. The molecule has 0 fully saturated rings. The Labute approximate surface area is 180 Å². The van der Waals surface area contributed by atoms with Gasteiger partial charge < -0.3 is 19.8 Å². The zero-order chi connectivity index (χ0) is 18.0. The van der Waals surface area contributed by atoms with Gasteiger partial charge in [0.05, 0.1) is 26.5 Å². The lowest BCUT2D eigenvalue weighted by Gasteiger charge is -2.12. The van der Waals surface area contributed by atoms with E-state index in [1.54, 1.807) is 24.7 Å².